The number of nitrogens with one attached hydrogen (secondary N) is 1. The second kappa shape index (κ2) is 7.05. The fourth-order valence-electron chi connectivity index (χ4n) is 2.75. The molecule has 1 aromatic rings. The van der Waals surface area contributed by atoms with Crippen LogP contribution in [0.1, 0.15) is 19.4 Å². The van der Waals surface area contributed by atoms with Gasteiger partial charge in [-0.15, -0.1) is 0 Å². The topological polar surface area (TPSA) is 18.5 Å². The summed E-state index contributed by atoms with van der Waals surface area (Å²) in [7, 11) is 2.16. The molecule has 1 aliphatic rings. The van der Waals surface area contributed by atoms with Crippen LogP contribution in [0.15, 0.2) is 18.2 Å². The van der Waals surface area contributed by atoms with Gasteiger partial charge in [-0.3, -0.25) is 4.90 Å². The van der Waals surface area contributed by atoms with Gasteiger partial charge < -0.3 is 10.2 Å². The summed E-state index contributed by atoms with van der Waals surface area (Å²) in [5.41, 5.74) is 0.979. The molecule has 1 N–H and O–H groups in total. The molecule has 0 bridgehead atoms. The van der Waals surface area contributed by atoms with Gasteiger partial charge in [0.1, 0.15) is 5.82 Å². The second-order valence-corrected chi connectivity index (χ2v) is 6.92. The first-order valence-corrected chi connectivity index (χ1v) is 7.84. The highest BCUT2D eigenvalue weighted by atomic mass is 35.5. The Labute approximate surface area is 132 Å². The molecule has 1 fully saturated rings. The highest BCUT2D eigenvalue weighted by Crippen LogP contribution is 2.17. The Bertz CT molecular complexity index is 450. The maximum atomic E-state index is 13.3. The van der Waals surface area contributed by atoms with Crippen molar-refractivity contribution in [3.8, 4) is 0 Å². The van der Waals surface area contributed by atoms with Gasteiger partial charge in [-0.1, -0.05) is 11.6 Å². The molecule has 0 atom stereocenters. The summed E-state index contributed by atoms with van der Waals surface area (Å²) in [6.45, 7) is 10.4. The number of benzene rings is 1. The molecule has 3 nitrogen and oxygen atoms in total. The number of hydrogen-bond donors (Lipinski definition) is 1. The zero-order valence-electron chi connectivity index (χ0n) is 13.1. The zero-order chi connectivity index (χ0) is 15.5. The highest BCUT2D eigenvalue weighted by Gasteiger charge is 2.28. The summed E-state index contributed by atoms with van der Waals surface area (Å²) < 4.78 is 13.3. The third-order valence-corrected chi connectivity index (χ3v) is 4.39. The molecule has 1 saturated heterocycles. The van der Waals surface area contributed by atoms with Crippen LogP contribution >= 0.6 is 11.6 Å². The molecule has 0 amide bonds. The largest absolute Gasteiger partial charge is 0.311 e. The Kier molecular flexibility index (Phi) is 5.60. The lowest BCUT2D eigenvalue weighted by Gasteiger charge is -2.43. The van der Waals surface area contributed by atoms with Crippen molar-refractivity contribution in [1.82, 2.24) is 15.1 Å². The molecule has 0 saturated carbocycles. The third kappa shape index (κ3) is 4.92. The van der Waals surface area contributed by atoms with E-state index in [-0.39, 0.29) is 11.4 Å². The van der Waals surface area contributed by atoms with Gasteiger partial charge in [0.25, 0.3) is 0 Å². The maximum absolute atomic E-state index is 13.3. The van der Waals surface area contributed by atoms with Crippen LogP contribution < -0.4 is 5.32 Å². The summed E-state index contributed by atoms with van der Waals surface area (Å²) in [6.07, 6.45) is 0. The molecule has 1 heterocycles. The lowest BCUT2D eigenvalue weighted by molar-refractivity contribution is 0.0618. The minimum atomic E-state index is -0.280. The van der Waals surface area contributed by atoms with Crippen LogP contribution in [-0.4, -0.2) is 55.1 Å². The monoisotopic (exact) mass is 313 g/mol. The maximum Gasteiger partial charge on any atom is 0.125 e. The van der Waals surface area contributed by atoms with E-state index in [2.05, 4.69) is 36.0 Å². The Morgan fingerprint density at radius 2 is 1.86 bits per heavy atom. The molecule has 5 heteroatoms. The first-order chi connectivity index (χ1) is 9.87. The summed E-state index contributed by atoms with van der Waals surface area (Å²) in [5, 5.41) is 3.87. The van der Waals surface area contributed by atoms with E-state index >= 15 is 0 Å². The summed E-state index contributed by atoms with van der Waals surface area (Å²) in [6, 6.07) is 4.67. The van der Waals surface area contributed by atoms with E-state index in [1.165, 1.54) is 12.1 Å². The molecular weight excluding hydrogens is 289 g/mol. The van der Waals surface area contributed by atoms with Crippen LogP contribution in [0.3, 0.4) is 0 Å². The van der Waals surface area contributed by atoms with E-state index < -0.39 is 0 Å². The van der Waals surface area contributed by atoms with E-state index in [0.717, 1.165) is 38.3 Å². The Morgan fingerprint density at radius 3 is 2.48 bits per heavy atom. The smallest absolute Gasteiger partial charge is 0.125 e. The van der Waals surface area contributed by atoms with Gasteiger partial charge in [-0.25, -0.2) is 4.39 Å². The molecule has 0 spiro atoms. The molecule has 118 valence electrons. The SMILES string of the molecule is CN1CCN(C(C)(C)CNCc2cc(F)cc(Cl)c2)CC1. The average molecular weight is 314 g/mol. The predicted octanol–water partition coefficient (Wildman–Crippen LogP) is 2.59. The van der Waals surface area contributed by atoms with Crippen LogP contribution in [-0.2, 0) is 6.54 Å². The molecule has 1 aliphatic heterocycles. The van der Waals surface area contributed by atoms with Gasteiger partial charge in [-0.05, 0) is 44.7 Å². The van der Waals surface area contributed by atoms with Crippen molar-refractivity contribution in [2.75, 3.05) is 39.8 Å². The van der Waals surface area contributed by atoms with Crippen LogP contribution in [0, 0.1) is 5.82 Å². The van der Waals surface area contributed by atoms with Crippen LogP contribution in [0.5, 0.6) is 0 Å². The first kappa shape index (κ1) is 16.7. The molecule has 0 radical (unpaired) electrons. The van der Waals surface area contributed by atoms with Crippen molar-refractivity contribution >= 4 is 11.6 Å². The summed E-state index contributed by atoms with van der Waals surface area (Å²) in [4.78, 5) is 4.87. The van der Waals surface area contributed by atoms with Crippen molar-refractivity contribution in [2.24, 2.45) is 0 Å². The van der Waals surface area contributed by atoms with Gasteiger partial charge >= 0.3 is 0 Å². The van der Waals surface area contributed by atoms with Gasteiger partial charge in [0.15, 0.2) is 0 Å². The van der Waals surface area contributed by atoms with Crippen LogP contribution in [0.4, 0.5) is 4.39 Å². The highest BCUT2D eigenvalue weighted by molar-refractivity contribution is 6.30. The van der Waals surface area contributed by atoms with E-state index in [4.69, 9.17) is 11.6 Å². The van der Waals surface area contributed by atoms with Crippen LogP contribution in [0.25, 0.3) is 0 Å². The lowest BCUT2D eigenvalue weighted by Crippen LogP contribution is -2.57. The Balaban J connectivity index is 1.84. The van der Waals surface area contributed by atoms with Crippen molar-refractivity contribution in [3.05, 3.63) is 34.6 Å². The van der Waals surface area contributed by atoms with E-state index in [9.17, 15) is 4.39 Å². The molecule has 2 rings (SSSR count). The fraction of sp³-hybridized carbons (Fsp3) is 0.625. The summed E-state index contributed by atoms with van der Waals surface area (Å²) >= 11 is 5.87. The number of halogens is 2. The normalized spacial score (nSPS) is 18.1. The quantitative estimate of drug-likeness (QED) is 0.901. The zero-order valence-corrected chi connectivity index (χ0v) is 13.9. The van der Waals surface area contributed by atoms with Crippen LogP contribution in [0.2, 0.25) is 5.02 Å². The van der Waals surface area contributed by atoms with Crippen molar-refractivity contribution in [1.29, 1.82) is 0 Å². The van der Waals surface area contributed by atoms with Crippen molar-refractivity contribution in [2.45, 2.75) is 25.9 Å². The number of rotatable bonds is 5. The molecule has 21 heavy (non-hydrogen) atoms. The Hall–Kier alpha value is -0.680. The minimum absolute atomic E-state index is 0.0956. The molecule has 0 aromatic heterocycles. The first-order valence-electron chi connectivity index (χ1n) is 7.46. The number of nitrogens with zero attached hydrogens (tertiary/aromatic N) is 2. The molecule has 0 unspecified atom stereocenters. The predicted molar refractivity (Wildman–Crippen MR) is 86.3 cm³/mol. The molecule has 0 aliphatic carbocycles. The molecule has 1 aromatic carbocycles. The standard InChI is InChI=1S/C16H25ClFN3/c1-16(2,21-6-4-20(3)5-7-21)12-19-11-13-8-14(17)10-15(18)9-13/h8-10,19H,4-7,11-12H2,1-3H3. The van der Waals surface area contributed by atoms with Gasteiger partial charge in [-0.2, -0.15) is 0 Å². The fourth-order valence-corrected chi connectivity index (χ4v) is 2.99. The number of hydrogen-bond acceptors (Lipinski definition) is 3. The van der Waals surface area contributed by atoms with Crippen molar-refractivity contribution < 1.29 is 4.39 Å². The number of likely N-dealkylation sites (N-methyl/N-ethyl adjacent to an activating group) is 1. The minimum Gasteiger partial charge on any atom is -0.311 e. The van der Waals surface area contributed by atoms with E-state index in [1.807, 2.05) is 0 Å². The van der Waals surface area contributed by atoms with Gasteiger partial charge in [0.05, 0.1) is 0 Å². The van der Waals surface area contributed by atoms with E-state index in [0.29, 0.717) is 11.6 Å². The third-order valence-electron chi connectivity index (χ3n) is 4.17. The Morgan fingerprint density at radius 1 is 1.19 bits per heavy atom. The summed E-state index contributed by atoms with van der Waals surface area (Å²) in [5.74, 6) is -0.280. The van der Waals surface area contributed by atoms with Crippen molar-refractivity contribution in [3.63, 3.8) is 0 Å². The molecular formula is C16H25ClFN3. The van der Waals surface area contributed by atoms with Gasteiger partial charge in [0.2, 0.25) is 0 Å². The van der Waals surface area contributed by atoms with Gasteiger partial charge in [0, 0.05) is 49.8 Å². The van der Waals surface area contributed by atoms with E-state index in [1.54, 1.807) is 6.07 Å². The second-order valence-electron chi connectivity index (χ2n) is 6.48. The average Bonchev–Trinajstić information content (AvgIpc) is 2.37. The lowest BCUT2D eigenvalue weighted by atomic mass is 10.0. The number of piperazine rings is 1.